The van der Waals surface area contributed by atoms with Crippen LogP contribution in [0.1, 0.15) is 64.9 Å². The molecule has 2 aromatic carbocycles. The number of carboxylic acids is 1. The van der Waals surface area contributed by atoms with Crippen molar-refractivity contribution in [1.29, 1.82) is 0 Å². The van der Waals surface area contributed by atoms with Gasteiger partial charge in [-0.05, 0) is 79.8 Å². The van der Waals surface area contributed by atoms with Crippen LogP contribution in [0.2, 0.25) is 0 Å². The van der Waals surface area contributed by atoms with Gasteiger partial charge in [-0.3, -0.25) is 0 Å². The first kappa shape index (κ1) is 29.8. The summed E-state index contributed by atoms with van der Waals surface area (Å²) in [5.74, 6) is -0.872. The predicted molar refractivity (Wildman–Crippen MR) is 133 cm³/mol. The zero-order valence-corrected chi connectivity index (χ0v) is 20.5. The second-order valence-corrected chi connectivity index (χ2v) is 7.11. The normalized spacial score (nSPS) is 11.8. The Morgan fingerprint density at radius 2 is 1.42 bits per heavy atom. The number of aryl methyl sites for hydroxylation is 3. The summed E-state index contributed by atoms with van der Waals surface area (Å²) in [6, 6.07) is 9.10. The van der Waals surface area contributed by atoms with E-state index in [2.05, 4.69) is 16.7 Å². The number of amides is 2. The van der Waals surface area contributed by atoms with E-state index in [1.165, 1.54) is 47.9 Å². The summed E-state index contributed by atoms with van der Waals surface area (Å²) in [5, 5.41) is 21.2. The molecule has 2 amide bonds. The fourth-order valence-corrected chi connectivity index (χ4v) is 3.92. The first-order valence-corrected chi connectivity index (χ1v) is 11.2. The molecule has 0 heterocycles. The second-order valence-electron chi connectivity index (χ2n) is 7.11. The van der Waals surface area contributed by atoms with E-state index in [9.17, 15) is 9.59 Å². The lowest BCUT2D eigenvalue weighted by Crippen LogP contribution is -2.25. The number of aliphatic hydroxyl groups excluding tert-OH is 1. The summed E-state index contributed by atoms with van der Waals surface area (Å²) in [4.78, 5) is 29.9. The van der Waals surface area contributed by atoms with Crippen LogP contribution >= 0.6 is 0 Å². The molecule has 0 radical (unpaired) electrons. The van der Waals surface area contributed by atoms with Crippen molar-refractivity contribution in [2.75, 3.05) is 19.5 Å². The van der Waals surface area contributed by atoms with Gasteiger partial charge in [-0.2, -0.15) is 0 Å². The highest BCUT2D eigenvalue weighted by Gasteiger charge is 2.24. The quantitative estimate of drug-likeness (QED) is 0.527. The molecule has 7 nitrogen and oxygen atoms in total. The van der Waals surface area contributed by atoms with Crippen molar-refractivity contribution >= 4 is 24.5 Å². The van der Waals surface area contributed by atoms with Crippen molar-refractivity contribution in [3.05, 3.63) is 63.7 Å². The number of fused-ring (bicyclic) bond motifs is 2. The molecule has 0 unspecified atom stereocenters. The Bertz CT molecular complexity index is 864. The second kappa shape index (κ2) is 16.4. The average Bonchev–Trinajstić information content (AvgIpc) is 3.52. The van der Waals surface area contributed by atoms with E-state index in [-0.39, 0.29) is 6.03 Å². The van der Waals surface area contributed by atoms with Crippen LogP contribution in [0.3, 0.4) is 0 Å². The molecular weight excluding hydrogens is 420 g/mol. The summed E-state index contributed by atoms with van der Waals surface area (Å²) in [7, 11) is 2.67. The highest BCUT2D eigenvalue weighted by atomic mass is 16.4. The van der Waals surface area contributed by atoms with Gasteiger partial charge in [0.25, 0.3) is 0 Å². The number of aliphatic hydroxyl groups is 1. The van der Waals surface area contributed by atoms with Gasteiger partial charge in [-0.25, -0.2) is 9.59 Å². The minimum Gasteiger partial charge on any atom is -0.478 e. The minimum absolute atomic E-state index is 0.0978. The molecule has 0 fully saturated rings. The van der Waals surface area contributed by atoms with Crippen molar-refractivity contribution in [3.63, 3.8) is 0 Å². The molecule has 0 bridgehead atoms. The largest absolute Gasteiger partial charge is 0.478 e. The van der Waals surface area contributed by atoms with Crippen LogP contribution in [0, 0.1) is 6.92 Å². The van der Waals surface area contributed by atoms with E-state index in [1.54, 1.807) is 25.2 Å². The molecular formula is C26H38N2O5. The molecule has 0 spiro atoms. The van der Waals surface area contributed by atoms with E-state index >= 15 is 0 Å². The molecule has 0 aliphatic heterocycles. The molecule has 0 saturated carbocycles. The summed E-state index contributed by atoms with van der Waals surface area (Å²) in [6.45, 7) is 7.87. The molecule has 7 heteroatoms. The molecule has 0 atom stereocenters. The lowest BCUT2D eigenvalue weighted by molar-refractivity contribution is -0.0980. The van der Waals surface area contributed by atoms with E-state index in [0.717, 1.165) is 31.2 Å². The first-order chi connectivity index (χ1) is 16.0. The van der Waals surface area contributed by atoms with Crippen molar-refractivity contribution < 1.29 is 24.6 Å². The molecule has 4 N–H and O–H groups in total. The van der Waals surface area contributed by atoms with Crippen LogP contribution < -0.4 is 10.6 Å². The Morgan fingerprint density at radius 3 is 1.82 bits per heavy atom. The molecule has 2 aliphatic carbocycles. The summed E-state index contributed by atoms with van der Waals surface area (Å²) in [6.07, 6.45) is 7.02. The molecule has 0 aromatic heterocycles. The fourth-order valence-electron chi connectivity index (χ4n) is 3.92. The zero-order chi connectivity index (χ0) is 25.4. The van der Waals surface area contributed by atoms with E-state index < -0.39 is 5.97 Å². The Balaban J connectivity index is 0.000000550. The molecule has 33 heavy (non-hydrogen) atoms. The third kappa shape index (κ3) is 8.69. The number of nitrogens with one attached hydrogen (secondary N) is 2. The highest BCUT2D eigenvalue weighted by molar-refractivity contribution is 5.92. The Kier molecular flexibility index (Phi) is 14.9. The topological polar surface area (TPSA) is 116 Å². The number of aromatic carboxylic acids is 1. The van der Waals surface area contributed by atoms with Crippen molar-refractivity contribution in [2.24, 2.45) is 0 Å². The maximum absolute atomic E-state index is 11.6. The maximum atomic E-state index is 11.6. The highest BCUT2D eigenvalue weighted by Crippen LogP contribution is 2.38. The van der Waals surface area contributed by atoms with E-state index in [0.29, 0.717) is 5.56 Å². The number of carboxylic acid groups (broad SMARTS) is 1. The average molecular weight is 459 g/mol. The number of urea groups is 1. The van der Waals surface area contributed by atoms with Gasteiger partial charge in [0.1, 0.15) is 6.79 Å². The number of anilines is 1. The van der Waals surface area contributed by atoms with Crippen LogP contribution in [0.25, 0.3) is 0 Å². The molecule has 182 valence electrons. The molecule has 0 saturated heterocycles. The Hall–Kier alpha value is -3.19. The van der Waals surface area contributed by atoms with Gasteiger partial charge in [0.05, 0.1) is 5.56 Å². The Labute approximate surface area is 197 Å². The van der Waals surface area contributed by atoms with Gasteiger partial charge >= 0.3 is 12.0 Å². The molecule has 2 aromatic rings. The minimum atomic E-state index is -0.872. The van der Waals surface area contributed by atoms with Crippen molar-refractivity contribution in [1.82, 2.24) is 5.32 Å². The number of hydrogen-bond donors (Lipinski definition) is 4. The molecule has 2 aliphatic rings. The third-order valence-electron chi connectivity index (χ3n) is 5.20. The smallest absolute Gasteiger partial charge is 0.335 e. The fraction of sp³-hybridized carbons (Fsp3) is 0.423. The van der Waals surface area contributed by atoms with Gasteiger partial charge in [-0.1, -0.05) is 37.6 Å². The lowest BCUT2D eigenvalue weighted by atomic mass is 9.99. The SMILES string of the molecule is C=O.CC.CNC(=O)Nc1c2c(cc3c1CCC3)CCC2.CO.Cc1cccc(C(=O)O)c1. The lowest BCUT2D eigenvalue weighted by Gasteiger charge is -2.15. The van der Waals surface area contributed by atoms with E-state index in [4.69, 9.17) is 15.0 Å². The van der Waals surface area contributed by atoms with Crippen molar-refractivity contribution in [2.45, 2.75) is 59.3 Å². The number of benzene rings is 2. The van der Waals surface area contributed by atoms with Gasteiger partial charge in [0.2, 0.25) is 0 Å². The van der Waals surface area contributed by atoms with Crippen LogP contribution in [0.15, 0.2) is 30.3 Å². The van der Waals surface area contributed by atoms with Crippen LogP contribution in [0.4, 0.5) is 10.5 Å². The number of hydrogen-bond acceptors (Lipinski definition) is 4. The van der Waals surface area contributed by atoms with E-state index in [1.807, 2.05) is 33.6 Å². The Morgan fingerprint density at radius 1 is 0.909 bits per heavy atom. The van der Waals surface area contributed by atoms with Gasteiger partial charge in [0, 0.05) is 19.8 Å². The predicted octanol–water partition coefficient (Wildman–Crippen LogP) is 4.56. The van der Waals surface area contributed by atoms with Crippen molar-refractivity contribution in [3.8, 4) is 0 Å². The maximum Gasteiger partial charge on any atom is 0.335 e. The number of carbonyl (C=O) groups is 3. The van der Waals surface area contributed by atoms with Crippen LogP contribution in [-0.2, 0) is 30.5 Å². The summed E-state index contributed by atoms with van der Waals surface area (Å²) >= 11 is 0. The number of rotatable bonds is 2. The molecule has 4 rings (SSSR count). The monoisotopic (exact) mass is 458 g/mol. The standard InChI is InChI=1S/C14H18N2O.C8H8O2.C2H6.CH4O.CH2O/c1-15-14(17)16-13-11-6-2-4-9(11)8-10-5-3-7-12(10)13;1-6-3-2-4-7(5-6)8(9)10;3*1-2/h8H,2-7H2,1H3,(H2,15,16,17);2-5H,1H3,(H,9,10);1-2H3;2H,1H3;1H2. The van der Waals surface area contributed by atoms with Gasteiger partial charge in [-0.15, -0.1) is 0 Å². The van der Waals surface area contributed by atoms with Crippen LogP contribution in [0.5, 0.6) is 0 Å². The third-order valence-corrected chi connectivity index (χ3v) is 5.20. The summed E-state index contributed by atoms with van der Waals surface area (Å²) < 4.78 is 0. The summed E-state index contributed by atoms with van der Waals surface area (Å²) in [5.41, 5.74) is 8.12. The number of carbonyl (C=O) groups excluding carboxylic acids is 2. The van der Waals surface area contributed by atoms with Gasteiger partial charge < -0.3 is 25.6 Å². The van der Waals surface area contributed by atoms with Gasteiger partial charge in [0.15, 0.2) is 0 Å². The first-order valence-electron chi connectivity index (χ1n) is 11.2. The van der Waals surface area contributed by atoms with Crippen LogP contribution in [-0.4, -0.2) is 43.2 Å². The zero-order valence-electron chi connectivity index (χ0n) is 20.5.